The average molecular weight is 377 g/mol. The number of hydrazine groups is 1. The fourth-order valence-corrected chi connectivity index (χ4v) is 3.02. The van der Waals surface area contributed by atoms with Gasteiger partial charge in [0, 0.05) is 12.5 Å². The lowest BCUT2D eigenvalue weighted by Crippen LogP contribution is -2.44. The summed E-state index contributed by atoms with van der Waals surface area (Å²) in [6.07, 6.45) is 0. The van der Waals surface area contributed by atoms with Crippen molar-refractivity contribution in [2.75, 3.05) is 18.2 Å². The van der Waals surface area contributed by atoms with Crippen LogP contribution in [0.25, 0.3) is 0 Å². The van der Waals surface area contributed by atoms with E-state index in [1.165, 1.54) is 31.2 Å². The van der Waals surface area contributed by atoms with Gasteiger partial charge in [-0.25, -0.2) is 0 Å². The minimum Gasteiger partial charge on any atom is -0.465 e. The third kappa shape index (κ3) is 3.58. The number of carbonyl (C=O) groups is 3. The number of benzene rings is 2. The van der Waals surface area contributed by atoms with E-state index in [0.29, 0.717) is 11.3 Å². The SMILES string of the molecule is CC(=O)OC[C@@]1(C)CN(c2ccccc2)N(C(=O)c2ccc(C#N)cc2)C1=O. The number of hydrogen-bond acceptors (Lipinski definition) is 6. The van der Waals surface area contributed by atoms with Gasteiger partial charge in [0.05, 0.1) is 23.9 Å². The highest BCUT2D eigenvalue weighted by Gasteiger charge is 2.51. The first kappa shape index (κ1) is 19.1. The van der Waals surface area contributed by atoms with Gasteiger partial charge in [-0.1, -0.05) is 18.2 Å². The first-order valence-electron chi connectivity index (χ1n) is 8.70. The summed E-state index contributed by atoms with van der Waals surface area (Å²) in [6, 6.07) is 17.1. The average Bonchev–Trinajstić information content (AvgIpc) is 2.98. The van der Waals surface area contributed by atoms with Crippen LogP contribution in [0.1, 0.15) is 29.8 Å². The van der Waals surface area contributed by atoms with Crippen LogP contribution in [-0.4, -0.2) is 35.9 Å². The van der Waals surface area contributed by atoms with Crippen molar-refractivity contribution in [3.8, 4) is 6.07 Å². The molecule has 7 nitrogen and oxygen atoms in total. The Morgan fingerprint density at radius 1 is 1.14 bits per heavy atom. The molecule has 0 unspecified atom stereocenters. The van der Waals surface area contributed by atoms with Gasteiger partial charge in [0.25, 0.3) is 11.8 Å². The first-order chi connectivity index (χ1) is 13.4. The monoisotopic (exact) mass is 377 g/mol. The van der Waals surface area contributed by atoms with Crippen molar-refractivity contribution in [1.82, 2.24) is 5.01 Å². The lowest BCUT2D eigenvalue weighted by atomic mass is 9.92. The summed E-state index contributed by atoms with van der Waals surface area (Å²) in [5.41, 5.74) is 0.308. The van der Waals surface area contributed by atoms with Crippen LogP contribution < -0.4 is 5.01 Å². The Hall–Kier alpha value is -3.66. The molecule has 7 heteroatoms. The van der Waals surface area contributed by atoms with E-state index in [0.717, 1.165) is 5.01 Å². The molecule has 28 heavy (non-hydrogen) atoms. The van der Waals surface area contributed by atoms with Crippen LogP contribution in [0.3, 0.4) is 0 Å². The van der Waals surface area contributed by atoms with Crippen LogP contribution in [0.15, 0.2) is 54.6 Å². The summed E-state index contributed by atoms with van der Waals surface area (Å²) in [5, 5.41) is 11.6. The van der Waals surface area contributed by atoms with E-state index < -0.39 is 23.2 Å². The minimum absolute atomic E-state index is 0.123. The van der Waals surface area contributed by atoms with Gasteiger partial charge in [-0.15, -0.1) is 0 Å². The predicted molar refractivity (Wildman–Crippen MR) is 101 cm³/mol. The van der Waals surface area contributed by atoms with Gasteiger partial charge < -0.3 is 4.74 Å². The number of nitrogens with zero attached hydrogens (tertiary/aromatic N) is 3. The molecule has 0 aliphatic carbocycles. The second-order valence-electron chi connectivity index (χ2n) is 6.85. The van der Waals surface area contributed by atoms with Gasteiger partial charge in [-0.05, 0) is 43.3 Å². The summed E-state index contributed by atoms with van der Waals surface area (Å²) in [6.45, 7) is 3.00. The Morgan fingerprint density at radius 2 is 1.79 bits per heavy atom. The van der Waals surface area contributed by atoms with Crippen LogP contribution >= 0.6 is 0 Å². The zero-order valence-corrected chi connectivity index (χ0v) is 15.6. The second-order valence-corrected chi connectivity index (χ2v) is 6.85. The fraction of sp³-hybridized carbons (Fsp3) is 0.238. The Labute approximate surface area is 162 Å². The summed E-state index contributed by atoms with van der Waals surface area (Å²) in [5.74, 6) is -1.45. The van der Waals surface area contributed by atoms with Gasteiger partial charge in [0.1, 0.15) is 12.0 Å². The molecule has 0 radical (unpaired) electrons. The molecular weight excluding hydrogens is 358 g/mol. The molecule has 1 atom stereocenters. The Balaban J connectivity index is 1.98. The van der Waals surface area contributed by atoms with E-state index >= 15 is 0 Å². The van der Waals surface area contributed by atoms with Crippen molar-refractivity contribution in [2.45, 2.75) is 13.8 Å². The highest BCUT2D eigenvalue weighted by atomic mass is 16.5. The molecule has 3 rings (SSSR count). The van der Waals surface area contributed by atoms with Crippen LogP contribution in [0.4, 0.5) is 5.69 Å². The molecule has 0 aromatic heterocycles. The van der Waals surface area contributed by atoms with Crippen molar-refractivity contribution in [3.63, 3.8) is 0 Å². The normalized spacial score (nSPS) is 18.7. The number of hydrogen-bond donors (Lipinski definition) is 0. The molecule has 0 saturated carbocycles. The van der Waals surface area contributed by atoms with Crippen LogP contribution in [0.5, 0.6) is 0 Å². The van der Waals surface area contributed by atoms with Gasteiger partial charge >= 0.3 is 5.97 Å². The van der Waals surface area contributed by atoms with Gasteiger partial charge in [0.2, 0.25) is 0 Å². The van der Waals surface area contributed by atoms with Gasteiger partial charge in [0.15, 0.2) is 0 Å². The largest absolute Gasteiger partial charge is 0.465 e. The molecule has 2 amide bonds. The maximum absolute atomic E-state index is 13.2. The molecule has 0 spiro atoms. The molecule has 142 valence electrons. The summed E-state index contributed by atoms with van der Waals surface area (Å²) < 4.78 is 5.09. The summed E-state index contributed by atoms with van der Waals surface area (Å²) in [4.78, 5) is 37.6. The molecule has 1 aliphatic heterocycles. The molecule has 1 fully saturated rings. The summed E-state index contributed by atoms with van der Waals surface area (Å²) >= 11 is 0. The number of esters is 1. The van der Waals surface area contributed by atoms with E-state index in [9.17, 15) is 14.4 Å². The van der Waals surface area contributed by atoms with E-state index in [-0.39, 0.29) is 18.7 Å². The van der Waals surface area contributed by atoms with Crippen molar-refractivity contribution in [3.05, 3.63) is 65.7 Å². The smallest absolute Gasteiger partial charge is 0.302 e. The van der Waals surface area contributed by atoms with E-state index in [2.05, 4.69) is 0 Å². The standard InChI is InChI=1S/C21H19N3O4/c1-15(25)28-14-21(2)13-23(18-6-4-3-5-7-18)24(20(21)27)19(26)17-10-8-16(12-22)9-11-17/h3-11H,13-14H2,1-2H3/t21-/m1/s1. The molecule has 1 saturated heterocycles. The third-order valence-corrected chi connectivity index (χ3v) is 4.55. The third-order valence-electron chi connectivity index (χ3n) is 4.55. The zero-order valence-electron chi connectivity index (χ0n) is 15.6. The highest BCUT2D eigenvalue weighted by Crippen LogP contribution is 2.35. The van der Waals surface area contributed by atoms with Crippen molar-refractivity contribution < 1.29 is 19.1 Å². The fourth-order valence-electron chi connectivity index (χ4n) is 3.02. The number of ether oxygens (including phenoxy) is 1. The number of anilines is 1. The minimum atomic E-state index is -1.07. The summed E-state index contributed by atoms with van der Waals surface area (Å²) in [7, 11) is 0. The number of nitriles is 1. The molecule has 1 heterocycles. The lowest BCUT2D eigenvalue weighted by molar-refractivity contribution is -0.147. The van der Waals surface area contributed by atoms with Crippen molar-refractivity contribution in [1.29, 1.82) is 5.26 Å². The Morgan fingerprint density at radius 3 is 2.36 bits per heavy atom. The molecule has 0 bridgehead atoms. The Kier molecular flexibility index (Phi) is 5.14. The number of imide groups is 1. The Bertz CT molecular complexity index is 950. The molecule has 2 aromatic carbocycles. The van der Waals surface area contributed by atoms with Crippen LogP contribution in [-0.2, 0) is 14.3 Å². The van der Waals surface area contributed by atoms with E-state index in [1.807, 2.05) is 24.3 Å². The maximum Gasteiger partial charge on any atom is 0.302 e. The number of amides is 2. The number of rotatable bonds is 4. The molecule has 1 aliphatic rings. The lowest BCUT2D eigenvalue weighted by Gasteiger charge is -2.27. The number of carbonyl (C=O) groups excluding carboxylic acids is 3. The topological polar surface area (TPSA) is 90.7 Å². The van der Waals surface area contributed by atoms with Crippen molar-refractivity contribution >= 4 is 23.5 Å². The predicted octanol–water partition coefficient (Wildman–Crippen LogP) is 2.53. The maximum atomic E-state index is 13.2. The highest BCUT2D eigenvalue weighted by molar-refractivity contribution is 6.09. The van der Waals surface area contributed by atoms with Crippen LogP contribution in [0.2, 0.25) is 0 Å². The number of para-hydroxylation sites is 1. The quantitative estimate of drug-likeness (QED) is 0.601. The molecular formula is C21H19N3O4. The second kappa shape index (κ2) is 7.53. The molecule has 0 N–H and O–H groups in total. The van der Waals surface area contributed by atoms with Gasteiger partial charge in [-0.3, -0.25) is 19.4 Å². The van der Waals surface area contributed by atoms with Crippen LogP contribution in [0, 0.1) is 16.7 Å². The zero-order chi connectivity index (χ0) is 20.3. The van der Waals surface area contributed by atoms with E-state index in [1.54, 1.807) is 24.1 Å². The molecule has 2 aromatic rings. The van der Waals surface area contributed by atoms with Crippen molar-refractivity contribution in [2.24, 2.45) is 5.41 Å². The first-order valence-corrected chi connectivity index (χ1v) is 8.70. The van der Waals surface area contributed by atoms with E-state index in [4.69, 9.17) is 10.00 Å². The van der Waals surface area contributed by atoms with Gasteiger partial charge in [-0.2, -0.15) is 10.3 Å².